The monoisotopic (exact) mass is 370 g/mol. The lowest BCUT2D eigenvalue weighted by Gasteiger charge is -2.42. The number of ether oxygens (including phenoxy) is 1. The molecular formula is C20H26N4O3. The number of piperidine rings is 1. The molecule has 7 nitrogen and oxygen atoms in total. The highest BCUT2D eigenvalue weighted by atomic mass is 16.5. The van der Waals surface area contributed by atoms with E-state index in [1.165, 1.54) is 0 Å². The molecule has 7 heteroatoms. The van der Waals surface area contributed by atoms with Crippen LogP contribution < -0.4 is 0 Å². The first-order valence-electron chi connectivity index (χ1n) is 9.50. The van der Waals surface area contributed by atoms with Crippen LogP contribution in [0, 0.1) is 11.3 Å². The highest BCUT2D eigenvalue weighted by Crippen LogP contribution is 2.45. The average molecular weight is 370 g/mol. The van der Waals surface area contributed by atoms with Crippen molar-refractivity contribution >= 4 is 5.91 Å². The molecule has 0 bridgehead atoms. The Hall–Kier alpha value is -2.25. The van der Waals surface area contributed by atoms with Crippen LogP contribution in [-0.2, 0) is 11.3 Å². The van der Waals surface area contributed by atoms with Crippen molar-refractivity contribution in [2.75, 3.05) is 39.9 Å². The van der Waals surface area contributed by atoms with E-state index in [0.29, 0.717) is 5.92 Å². The van der Waals surface area contributed by atoms with E-state index in [4.69, 9.17) is 9.15 Å². The summed E-state index contributed by atoms with van der Waals surface area (Å²) < 4.78 is 11.1. The maximum absolute atomic E-state index is 12.6. The van der Waals surface area contributed by atoms with E-state index in [9.17, 15) is 4.79 Å². The maximum Gasteiger partial charge on any atom is 0.291 e. The van der Waals surface area contributed by atoms with Crippen molar-refractivity contribution in [3.05, 3.63) is 48.4 Å². The second kappa shape index (κ2) is 7.78. The summed E-state index contributed by atoms with van der Waals surface area (Å²) in [5, 5.41) is 0. The number of amides is 1. The number of rotatable bonds is 5. The molecule has 2 aliphatic heterocycles. The average Bonchev–Trinajstić information content (AvgIpc) is 3.32. The van der Waals surface area contributed by atoms with Crippen LogP contribution in [0.2, 0.25) is 0 Å². The van der Waals surface area contributed by atoms with Crippen LogP contribution in [0.25, 0.3) is 0 Å². The number of carbonyl (C=O) groups excluding carboxylic acids is 1. The molecule has 1 atom stereocenters. The van der Waals surface area contributed by atoms with Crippen molar-refractivity contribution in [1.29, 1.82) is 0 Å². The summed E-state index contributed by atoms with van der Waals surface area (Å²) in [5.74, 6) is 1.69. The smallest absolute Gasteiger partial charge is 0.291 e. The fourth-order valence-electron chi connectivity index (χ4n) is 4.59. The van der Waals surface area contributed by atoms with Crippen molar-refractivity contribution in [2.45, 2.75) is 19.4 Å². The van der Waals surface area contributed by atoms with Gasteiger partial charge in [0.15, 0.2) is 0 Å². The minimum Gasteiger partial charge on any atom is -0.468 e. The lowest BCUT2D eigenvalue weighted by molar-refractivity contribution is 0.0315. The largest absolute Gasteiger partial charge is 0.468 e. The van der Waals surface area contributed by atoms with Gasteiger partial charge in [0.1, 0.15) is 5.76 Å². The van der Waals surface area contributed by atoms with Gasteiger partial charge in [-0.3, -0.25) is 9.69 Å². The predicted octanol–water partition coefficient (Wildman–Crippen LogP) is 2.07. The van der Waals surface area contributed by atoms with Gasteiger partial charge in [-0.2, -0.15) is 0 Å². The Labute approximate surface area is 159 Å². The van der Waals surface area contributed by atoms with Crippen molar-refractivity contribution < 1.29 is 13.9 Å². The summed E-state index contributed by atoms with van der Waals surface area (Å²) >= 11 is 0. The summed E-state index contributed by atoms with van der Waals surface area (Å²) in [5.41, 5.74) is 0.191. The van der Waals surface area contributed by atoms with Crippen molar-refractivity contribution in [2.24, 2.45) is 11.3 Å². The van der Waals surface area contributed by atoms with Crippen LogP contribution in [0.4, 0.5) is 0 Å². The third-order valence-electron chi connectivity index (χ3n) is 6.01. The zero-order chi connectivity index (χ0) is 18.7. The van der Waals surface area contributed by atoms with E-state index in [-0.39, 0.29) is 17.1 Å². The van der Waals surface area contributed by atoms with Gasteiger partial charge in [-0.15, -0.1) is 0 Å². The minimum absolute atomic E-state index is 0.0702. The molecule has 1 unspecified atom stereocenters. The Morgan fingerprint density at radius 3 is 2.74 bits per heavy atom. The van der Waals surface area contributed by atoms with Gasteiger partial charge in [-0.05, 0) is 36.5 Å². The number of methoxy groups -OCH3 is 1. The normalized spacial score (nSPS) is 22.4. The van der Waals surface area contributed by atoms with Gasteiger partial charge < -0.3 is 14.1 Å². The molecule has 2 aromatic rings. The van der Waals surface area contributed by atoms with Crippen LogP contribution in [-0.4, -0.2) is 65.6 Å². The molecule has 1 amide bonds. The minimum atomic E-state index is -0.0702. The molecule has 0 saturated carbocycles. The fraction of sp³-hybridized carbons (Fsp3) is 0.550. The molecule has 4 rings (SSSR count). The first kappa shape index (κ1) is 18.1. The molecule has 0 radical (unpaired) electrons. The molecule has 0 aliphatic carbocycles. The van der Waals surface area contributed by atoms with Gasteiger partial charge in [0.05, 0.1) is 19.4 Å². The van der Waals surface area contributed by atoms with Crippen molar-refractivity contribution in [1.82, 2.24) is 19.8 Å². The Balaban J connectivity index is 1.42. The van der Waals surface area contributed by atoms with Crippen molar-refractivity contribution in [3.63, 3.8) is 0 Å². The number of carbonyl (C=O) groups is 1. The predicted molar refractivity (Wildman–Crippen MR) is 99.0 cm³/mol. The number of likely N-dealkylation sites (tertiary alicyclic amines) is 2. The van der Waals surface area contributed by atoms with Gasteiger partial charge in [0.2, 0.25) is 5.82 Å². The van der Waals surface area contributed by atoms with Crippen LogP contribution in [0.5, 0.6) is 0 Å². The lowest BCUT2D eigenvalue weighted by Crippen LogP contribution is -2.47. The van der Waals surface area contributed by atoms with Gasteiger partial charge in [-0.1, -0.05) is 0 Å². The van der Waals surface area contributed by atoms with E-state index in [1.807, 2.05) is 17.0 Å². The van der Waals surface area contributed by atoms with Crippen LogP contribution in [0.3, 0.4) is 0 Å². The molecule has 2 saturated heterocycles. The van der Waals surface area contributed by atoms with E-state index >= 15 is 0 Å². The second-order valence-corrected chi connectivity index (χ2v) is 7.63. The summed E-state index contributed by atoms with van der Waals surface area (Å²) in [6.07, 6.45) is 6.92. The molecule has 144 valence electrons. The first-order chi connectivity index (χ1) is 13.2. The molecule has 0 aromatic carbocycles. The second-order valence-electron chi connectivity index (χ2n) is 7.63. The molecule has 1 spiro atoms. The third kappa shape index (κ3) is 3.75. The number of nitrogens with zero attached hydrogens (tertiary/aromatic N) is 4. The van der Waals surface area contributed by atoms with Crippen LogP contribution in [0.1, 0.15) is 29.2 Å². The molecule has 0 N–H and O–H groups in total. The number of aromatic nitrogens is 2. The number of hydrogen-bond donors (Lipinski definition) is 0. The van der Waals surface area contributed by atoms with Gasteiger partial charge >= 0.3 is 0 Å². The Bertz CT molecular complexity index is 742. The SMILES string of the molecule is COCC1CN(Cc2ccco2)CC12CCN(C(=O)c1ncccn1)CC2. The van der Waals surface area contributed by atoms with Crippen LogP contribution in [0.15, 0.2) is 41.3 Å². The number of furan rings is 1. The zero-order valence-corrected chi connectivity index (χ0v) is 15.7. The van der Waals surface area contributed by atoms with Crippen molar-refractivity contribution in [3.8, 4) is 0 Å². The molecule has 27 heavy (non-hydrogen) atoms. The van der Waals surface area contributed by atoms with E-state index < -0.39 is 0 Å². The fourth-order valence-corrected chi connectivity index (χ4v) is 4.59. The first-order valence-corrected chi connectivity index (χ1v) is 9.50. The van der Waals surface area contributed by atoms with Gasteiger partial charge in [0.25, 0.3) is 5.91 Å². The van der Waals surface area contributed by atoms with E-state index in [0.717, 1.165) is 57.9 Å². The van der Waals surface area contributed by atoms with Gasteiger partial charge in [0, 0.05) is 51.6 Å². The standard InChI is InChI=1S/C20H26N4O3/c1-26-14-16-12-23(13-17-4-2-11-27-17)15-20(16)5-9-24(10-6-20)19(25)18-21-7-3-8-22-18/h2-4,7-8,11,16H,5-6,9-10,12-15H2,1H3. The molecule has 2 aliphatic rings. The zero-order valence-electron chi connectivity index (χ0n) is 15.7. The summed E-state index contributed by atoms with van der Waals surface area (Å²) in [6.45, 7) is 5.09. The molecule has 2 fully saturated rings. The number of hydrogen-bond acceptors (Lipinski definition) is 6. The Morgan fingerprint density at radius 1 is 1.30 bits per heavy atom. The quantitative estimate of drug-likeness (QED) is 0.802. The summed E-state index contributed by atoms with van der Waals surface area (Å²) in [4.78, 5) is 25.2. The van der Waals surface area contributed by atoms with Crippen LogP contribution >= 0.6 is 0 Å². The van der Waals surface area contributed by atoms with E-state index in [2.05, 4.69) is 14.9 Å². The highest BCUT2D eigenvalue weighted by molar-refractivity contribution is 5.90. The lowest BCUT2D eigenvalue weighted by atomic mass is 9.71. The van der Waals surface area contributed by atoms with E-state index in [1.54, 1.807) is 31.8 Å². The van der Waals surface area contributed by atoms with Gasteiger partial charge in [-0.25, -0.2) is 9.97 Å². The molecule has 4 heterocycles. The Morgan fingerprint density at radius 2 is 2.07 bits per heavy atom. The molecule has 2 aromatic heterocycles. The summed E-state index contributed by atoms with van der Waals surface area (Å²) in [6, 6.07) is 5.68. The summed E-state index contributed by atoms with van der Waals surface area (Å²) in [7, 11) is 1.77. The highest BCUT2D eigenvalue weighted by Gasteiger charge is 2.48. The maximum atomic E-state index is 12.6. The molecular weight excluding hydrogens is 344 g/mol. The topological polar surface area (TPSA) is 71.7 Å². The third-order valence-corrected chi connectivity index (χ3v) is 6.01. The Kier molecular flexibility index (Phi) is 5.22.